The Labute approximate surface area is 193 Å². The molecule has 174 valence electrons. The van der Waals surface area contributed by atoms with Crippen molar-refractivity contribution in [2.45, 2.75) is 51.9 Å². The molecule has 0 saturated heterocycles. The van der Waals surface area contributed by atoms with E-state index in [2.05, 4.69) is 49.3 Å². The van der Waals surface area contributed by atoms with Crippen molar-refractivity contribution in [3.05, 3.63) is 66.7 Å². The Morgan fingerprint density at radius 3 is 2.47 bits per heavy atom. The van der Waals surface area contributed by atoms with Crippen LogP contribution in [0.2, 0.25) is 0 Å². The minimum Gasteiger partial charge on any atom is -0.497 e. The molecule has 0 radical (unpaired) electrons. The number of likely N-dealkylation sites (N-methyl/N-ethyl adjacent to an activating group) is 1. The number of para-hydroxylation sites is 2. The van der Waals surface area contributed by atoms with Gasteiger partial charge in [-0.2, -0.15) is 0 Å². The molecule has 1 aliphatic heterocycles. The first kappa shape index (κ1) is 24.1. The van der Waals surface area contributed by atoms with Crippen LogP contribution in [0.1, 0.15) is 45.2 Å². The summed E-state index contributed by atoms with van der Waals surface area (Å²) in [6.07, 6.45) is 3.20. The maximum Gasteiger partial charge on any atom is 0.143 e. The maximum atomic E-state index is 11.9. The summed E-state index contributed by atoms with van der Waals surface area (Å²) in [7, 11) is 1.67. The molecule has 0 aliphatic carbocycles. The van der Waals surface area contributed by atoms with Gasteiger partial charge in [-0.05, 0) is 61.7 Å². The fraction of sp³-hybridized carbons (Fsp3) is 0.481. The molecule has 0 aromatic heterocycles. The molecule has 32 heavy (non-hydrogen) atoms. The summed E-state index contributed by atoms with van der Waals surface area (Å²) in [5.74, 6) is 2.04. The highest BCUT2D eigenvalue weighted by Gasteiger charge is 2.38. The molecule has 0 saturated carbocycles. The summed E-state index contributed by atoms with van der Waals surface area (Å²) in [6, 6.07) is 16.0. The van der Waals surface area contributed by atoms with Gasteiger partial charge in [0.1, 0.15) is 24.3 Å². The van der Waals surface area contributed by atoms with E-state index < -0.39 is 6.23 Å². The van der Waals surface area contributed by atoms with Crippen molar-refractivity contribution in [3.63, 3.8) is 0 Å². The van der Waals surface area contributed by atoms with Crippen molar-refractivity contribution in [2.24, 2.45) is 5.92 Å². The van der Waals surface area contributed by atoms with Crippen LogP contribution in [-0.2, 0) is 0 Å². The van der Waals surface area contributed by atoms with E-state index in [1.165, 1.54) is 0 Å². The van der Waals surface area contributed by atoms with Crippen LogP contribution < -0.4 is 14.4 Å². The Kier molecular flexibility index (Phi) is 8.60. The first-order valence-corrected chi connectivity index (χ1v) is 11.7. The van der Waals surface area contributed by atoms with Gasteiger partial charge in [-0.25, -0.2) is 0 Å². The molecular weight excluding hydrogens is 400 g/mol. The minimum absolute atomic E-state index is 0.000644. The standard InChI is InChI=1S/C27H38N2O3/c1-6-20(4)13-18-24(28(7-2)8-3)27(30)29-23-11-9-10-12-26(23)32-19-25(29)21-14-16-22(31-5)17-15-21/h6,9-12,14-17,20,24-25,27,30H,1,7-8,13,18-19H2,2-5H3. The van der Waals surface area contributed by atoms with E-state index in [0.717, 1.165) is 48.7 Å². The number of benzene rings is 2. The number of aliphatic hydroxyl groups excluding tert-OH is 1. The van der Waals surface area contributed by atoms with Gasteiger partial charge in [-0.3, -0.25) is 4.90 Å². The van der Waals surface area contributed by atoms with Gasteiger partial charge in [0.25, 0.3) is 0 Å². The highest BCUT2D eigenvalue weighted by molar-refractivity contribution is 5.62. The van der Waals surface area contributed by atoms with Gasteiger partial charge in [0.05, 0.1) is 24.9 Å². The summed E-state index contributed by atoms with van der Waals surface area (Å²) in [5.41, 5.74) is 2.03. The van der Waals surface area contributed by atoms with Crippen molar-refractivity contribution in [1.82, 2.24) is 4.90 Å². The van der Waals surface area contributed by atoms with E-state index in [9.17, 15) is 5.11 Å². The number of hydrogen-bond acceptors (Lipinski definition) is 5. The van der Waals surface area contributed by atoms with Crippen LogP contribution in [0.25, 0.3) is 0 Å². The number of rotatable bonds is 11. The van der Waals surface area contributed by atoms with E-state index in [1.54, 1.807) is 7.11 Å². The molecule has 2 aromatic carbocycles. The van der Waals surface area contributed by atoms with E-state index in [4.69, 9.17) is 9.47 Å². The second-order valence-electron chi connectivity index (χ2n) is 8.47. The molecule has 2 aromatic rings. The Bertz CT molecular complexity index is 850. The molecule has 4 atom stereocenters. The average molecular weight is 439 g/mol. The Morgan fingerprint density at radius 2 is 1.84 bits per heavy atom. The zero-order valence-electron chi connectivity index (χ0n) is 19.9. The van der Waals surface area contributed by atoms with Gasteiger partial charge in [0.15, 0.2) is 0 Å². The highest BCUT2D eigenvalue weighted by atomic mass is 16.5. The molecule has 1 aliphatic rings. The Hall–Kier alpha value is -2.50. The van der Waals surface area contributed by atoms with Crippen molar-refractivity contribution < 1.29 is 14.6 Å². The lowest BCUT2D eigenvalue weighted by Crippen LogP contribution is -2.55. The Balaban J connectivity index is 2.00. The molecule has 1 N–H and O–H groups in total. The van der Waals surface area contributed by atoms with Crippen molar-refractivity contribution in [2.75, 3.05) is 31.7 Å². The molecule has 5 nitrogen and oxygen atoms in total. The lowest BCUT2D eigenvalue weighted by atomic mass is 9.96. The number of methoxy groups -OCH3 is 1. The first-order chi connectivity index (χ1) is 15.5. The van der Waals surface area contributed by atoms with Crippen molar-refractivity contribution in [1.29, 1.82) is 0 Å². The van der Waals surface area contributed by atoms with Gasteiger partial charge in [-0.15, -0.1) is 6.58 Å². The van der Waals surface area contributed by atoms with Crippen LogP contribution >= 0.6 is 0 Å². The molecule has 0 fully saturated rings. The largest absolute Gasteiger partial charge is 0.497 e. The Morgan fingerprint density at radius 1 is 1.16 bits per heavy atom. The van der Waals surface area contributed by atoms with E-state index in [1.807, 2.05) is 42.5 Å². The molecule has 4 unspecified atom stereocenters. The van der Waals surface area contributed by atoms with E-state index >= 15 is 0 Å². The number of ether oxygens (including phenoxy) is 2. The van der Waals surface area contributed by atoms with Gasteiger partial charge in [0.2, 0.25) is 0 Å². The summed E-state index contributed by atoms with van der Waals surface area (Å²) >= 11 is 0. The van der Waals surface area contributed by atoms with Crippen LogP contribution in [0.5, 0.6) is 11.5 Å². The number of aliphatic hydroxyl groups is 1. The number of fused-ring (bicyclic) bond motifs is 1. The number of allylic oxidation sites excluding steroid dienone is 1. The number of nitrogens with zero attached hydrogens (tertiary/aromatic N) is 2. The molecule has 1 heterocycles. The van der Waals surface area contributed by atoms with Crippen LogP contribution in [0, 0.1) is 5.92 Å². The predicted octanol–water partition coefficient (Wildman–Crippen LogP) is 5.27. The summed E-state index contributed by atoms with van der Waals surface area (Å²) in [5, 5.41) is 11.9. The monoisotopic (exact) mass is 438 g/mol. The fourth-order valence-corrected chi connectivity index (χ4v) is 4.57. The fourth-order valence-electron chi connectivity index (χ4n) is 4.57. The lowest BCUT2D eigenvalue weighted by Gasteiger charge is -2.46. The van der Waals surface area contributed by atoms with Gasteiger partial charge in [0, 0.05) is 0 Å². The topological polar surface area (TPSA) is 45.2 Å². The van der Waals surface area contributed by atoms with E-state index in [-0.39, 0.29) is 12.1 Å². The zero-order valence-corrected chi connectivity index (χ0v) is 19.9. The quantitative estimate of drug-likeness (QED) is 0.485. The molecule has 3 rings (SSSR count). The van der Waals surface area contributed by atoms with Crippen LogP contribution in [0.4, 0.5) is 5.69 Å². The minimum atomic E-state index is -0.677. The second-order valence-corrected chi connectivity index (χ2v) is 8.47. The number of anilines is 1. The van der Waals surface area contributed by atoms with Gasteiger partial charge >= 0.3 is 0 Å². The smallest absolute Gasteiger partial charge is 0.143 e. The highest BCUT2D eigenvalue weighted by Crippen LogP contribution is 2.41. The van der Waals surface area contributed by atoms with Crippen molar-refractivity contribution in [3.8, 4) is 11.5 Å². The van der Waals surface area contributed by atoms with Gasteiger partial charge < -0.3 is 19.5 Å². The molecular formula is C27H38N2O3. The maximum absolute atomic E-state index is 11.9. The molecule has 0 bridgehead atoms. The van der Waals surface area contributed by atoms with Crippen LogP contribution in [0.3, 0.4) is 0 Å². The van der Waals surface area contributed by atoms with E-state index in [0.29, 0.717) is 12.5 Å². The van der Waals surface area contributed by atoms with Gasteiger partial charge in [-0.1, -0.05) is 51.1 Å². The average Bonchev–Trinajstić information content (AvgIpc) is 2.85. The molecule has 0 amide bonds. The third kappa shape index (κ3) is 5.28. The molecule has 0 spiro atoms. The SMILES string of the molecule is C=CC(C)CCC(C(O)N1c2ccccc2OCC1c1ccc(OC)cc1)N(CC)CC. The summed E-state index contributed by atoms with van der Waals surface area (Å²) in [4.78, 5) is 4.52. The van der Waals surface area contributed by atoms with Crippen LogP contribution in [-0.4, -0.2) is 49.1 Å². The van der Waals surface area contributed by atoms with Crippen molar-refractivity contribution >= 4 is 5.69 Å². The lowest BCUT2D eigenvalue weighted by molar-refractivity contribution is 0.0319. The predicted molar refractivity (Wildman–Crippen MR) is 131 cm³/mol. The third-order valence-electron chi connectivity index (χ3n) is 6.61. The number of hydrogen-bond donors (Lipinski definition) is 1. The summed E-state index contributed by atoms with van der Waals surface area (Å²) < 4.78 is 11.5. The third-order valence-corrected chi connectivity index (χ3v) is 6.61. The summed E-state index contributed by atoms with van der Waals surface area (Å²) in [6.45, 7) is 12.7. The second kappa shape index (κ2) is 11.4. The zero-order chi connectivity index (χ0) is 23.1. The molecule has 5 heteroatoms. The first-order valence-electron chi connectivity index (χ1n) is 11.7. The van der Waals surface area contributed by atoms with Crippen LogP contribution in [0.15, 0.2) is 61.2 Å². The normalized spacial score (nSPS) is 18.4.